The first-order valence-corrected chi connectivity index (χ1v) is 10.2. The van der Waals surface area contributed by atoms with Gasteiger partial charge in [-0.1, -0.05) is 39.0 Å². The van der Waals surface area contributed by atoms with Gasteiger partial charge in [0.15, 0.2) is 0 Å². The third kappa shape index (κ3) is 9.18. The first-order chi connectivity index (χ1) is 12.1. The Kier molecular flexibility index (Phi) is 11.4. The summed E-state index contributed by atoms with van der Waals surface area (Å²) in [4.78, 5) is 35.1. The molecule has 1 aliphatic carbocycles. The van der Waals surface area contributed by atoms with Crippen LogP contribution in [0.2, 0.25) is 0 Å². The zero-order valence-corrected chi connectivity index (χ0v) is 16.2. The number of ketones is 2. The van der Waals surface area contributed by atoms with Gasteiger partial charge in [0.25, 0.3) is 0 Å². The normalized spacial score (nSPS) is 20.0. The van der Waals surface area contributed by atoms with Crippen molar-refractivity contribution in [2.24, 2.45) is 11.8 Å². The summed E-state index contributed by atoms with van der Waals surface area (Å²) in [5.41, 5.74) is 0. The molecule has 0 aromatic carbocycles. The van der Waals surface area contributed by atoms with Gasteiger partial charge in [0.2, 0.25) is 0 Å². The minimum absolute atomic E-state index is 0.144. The highest BCUT2D eigenvalue weighted by atomic mass is 16.5. The van der Waals surface area contributed by atoms with E-state index in [0.717, 1.165) is 64.2 Å². The molecular weight excluding hydrogens is 316 g/mol. The SMILES string of the molecule is CCCCCC(=O)CC[C@H]1CCC(=O)[C@@H]1CCCCCCC(=O)OC. The van der Waals surface area contributed by atoms with E-state index in [4.69, 9.17) is 0 Å². The van der Waals surface area contributed by atoms with E-state index in [0.29, 0.717) is 43.2 Å². The Hall–Kier alpha value is -1.19. The maximum atomic E-state index is 12.1. The van der Waals surface area contributed by atoms with Crippen LogP contribution in [0.1, 0.15) is 96.8 Å². The van der Waals surface area contributed by atoms with Gasteiger partial charge in [0.1, 0.15) is 11.6 Å². The molecule has 1 aliphatic rings. The van der Waals surface area contributed by atoms with Crippen LogP contribution in [0.15, 0.2) is 0 Å². The Labute approximate surface area is 153 Å². The Bertz CT molecular complexity index is 416. The zero-order valence-electron chi connectivity index (χ0n) is 16.2. The lowest BCUT2D eigenvalue weighted by atomic mass is 9.86. The monoisotopic (exact) mass is 352 g/mol. The van der Waals surface area contributed by atoms with E-state index >= 15 is 0 Å². The highest BCUT2D eigenvalue weighted by Crippen LogP contribution is 2.36. The fourth-order valence-electron chi connectivity index (χ4n) is 3.85. The second kappa shape index (κ2) is 13.1. The lowest BCUT2D eigenvalue weighted by Gasteiger charge is -2.18. The summed E-state index contributed by atoms with van der Waals surface area (Å²) in [6, 6.07) is 0. The number of esters is 1. The summed E-state index contributed by atoms with van der Waals surface area (Å²) in [6.07, 6.45) is 12.6. The first kappa shape index (κ1) is 21.9. The third-order valence-electron chi connectivity index (χ3n) is 5.47. The number of unbranched alkanes of at least 4 members (excludes halogenated alkanes) is 5. The lowest BCUT2D eigenvalue weighted by Crippen LogP contribution is -2.16. The average Bonchev–Trinajstić information content (AvgIpc) is 2.96. The summed E-state index contributed by atoms with van der Waals surface area (Å²) in [5, 5.41) is 0. The average molecular weight is 353 g/mol. The van der Waals surface area contributed by atoms with Crippen LogP contribution in [0.25, 0.3) is 0 Å². The zero-order chi connectivity index (χ0) is 18.5. The highest BCUT2D eigenvalue weighted by molar-refractivity contribution is 5.83. The van der Waals surface area contributed by atoms with Crippen molar-refractivity contribution in [1.82, 2.24) is 0 Å². The molecule has 0 aliphatic heterocycles. The van der Waals surface area contributed by atoms with Crippen molar-refractivity contribution in [3.63, 3.8) is 0 Å². The lowest BCUT2D eigenvalue weighted by molar-refractivity contribution is -0.140. The van der Waals surface area contributed by atoms with Crippen LogP contribution in [0, 0.1) is 11.8 Å². The number of Topliss-reactive ketones (excluding diaryl/α,β-unsaturated/α-hetero) is 2. The Balaban J connectivity index is 2.19. The molecule has 4 nitrogen and oxygen atoms in total. The van der Waals surface area contributed by atoms with Crippen LogP contribution in [-0.2, 0) is 19.1 Å². The fourth-order valence-corrected chi connectivity index (χ4v) is 3.85. The number of hydrogen-bond donors (Lipinski definition) is 0. The molecule has 0 N–H and O–H groups in total. The number of hydrogen-bond acceptors (Lipinski definition) is 4. The van der Waals surface area contributed by atoms with Gasteiger partial charge in [-0.3, -0.25) is 14.4 Å². The minimum atomic E-state index is -0.144. The molecule has 25 heavy (non-hydrogen) atoms. The summed E-state index contributed by atoms with van der Waals surface area (Å²) in [5.74, 6) is 1.21. The Morgan fingerprint density at radius 3 is 2.40 bits per heavy atom. The molecule has 1 rings (SSSR count). The maximum Gasteiger partial charge on any atom is 0.305 e. The number of methoxy groups -OCH3 is 1. The van der Waals surface area contributed by atoms with E-state index in [1.807, 2.05) is 0 Å². The van der Waals surface area contributed by atoms with Crippen LogP contribution in [0.4, 0.5) is 0 Å². The predicted molar refractivity (Wildman–Crippen MR) is 99.3 cm³/mol. The summed E-state index contributed by atoms with van der Waals surface area (Å²) >= 11 is 0. The molecule has 0 unspecified atom stereocenters. The molecule has 0 amide bonds. The topological polar surface area (TPSA) is 60.4 Å². The fraction of sp³-hybridized carbons (Fsp3) is 0.857. The second-order valence-corrected chi connectivity index (χ2v) is 7.44. The van der Waals surface area contributed by atoms with Gasteiger partial charge in [-0.25, -0.2) is 0 Å². The van der Waals surface area contributed by atoms with Crippen LogP contribution < -0.4 is 0 Å². The van der Waals surface area contributed by atoms with Crippen LogP contribution >= 0.6 is 0 Å². The van der Waals surface area contributed by atoms with Crippen LogP contribution in [0.5, 0.6) is 0 Å². The number of rotatable bonds is 14. The van der Waals surface area contributed by atoms with Gasteiger partial charge in [0, 0.05) is 31.6 Å². The molecule has 4 heteroatoms. The number of ether oxygens (including phenoxy) is 1. The molecule has 144 valence electrons. The van der Waals surface area contributed by atoms with Crippen molar-refractivity contribution < 1.29 is 19.1 Å². The van der Waals surface area contributed by atoms with Gasteiger partial charge in [-0.2, -0.15) is 0 Å². The first-order valence-electron chi connectivity index (χ1n) is 10.2. The van der Waals surface area contributed by atoms with Gasteiger partial charge < -0.3 is 4.74 Å². The van der Waals surface area contributed by atoms with Crippen LogP contribution in [0.3, 0.4) is 0 Å². The van der Waals surface area contributed by atoms with Gasteiger partial charge in [-0.05, 0) is 38.0 Å². The van der Waals surface area contributed by atoms with Gasteiger partial charge >= 0.3 is 5.97 Å². The van der Waals surface area contributed by atoms with Crippen molar-refractivity contribution in [2.75, 3.05) is 7.11 Å². The van der Waals surface area contributed by atoms with Crippen molar-refractivity contribution >= 4 is 17.5 Å². The molecular formula is C21H36O4. The molecule has 0 heterocycles. The molecule has 0 aromatic heterocycles. The highest BCUT2D eigenvalue weighted by Gasteiger charge is 2.33. The van der Waals surface area contributed by atoms with Crippen molar-refractivity contribution in [3.8, 4) is 0 Å². The molecule has 1 saturated carbocycles. The smallest absolute Gasteiger partial charge is 0.305 e. The molecule has 0 radical (unpaired) electrons. The second-order valence-electron chi connectivity index (χ2n) is 7.44. The van der Waals surface area contributed by atoms with Crippen molar-refractivity contribution in [1.29, 1.82) is 0 Å². The molecule has 1 fully saturated rings. The Morgan fingerprint density at radius 2 is 1.68 bits per heavy atom. The molecule has 0 saturated heterocycles. The quantitative estimate of drug-likeness (QED) is 0.325. The van der Waals surface area contributed by atoms with E-state index in [1.54, 1.807) is 0 Å². The summed E-state index contributed by atoms with van der Waals surface area (Å²) in [6.45, 7) is 2.15. The number of carbonyl (C=O) groups is 3. The largest absolute Gasteiger partial charge is 0.469 e. The van der Waals surface area contributed by atoms with E-state index < -0.39 is 0 Å². The van der Waals surface area contributed by atoms with Crippen molar-refractivity contribution in [3.05, 3.63) is 0 Å². The van der Waals surface area contributed by atoms with Crippen molar-refractivity contribution in [2.45, 2.75) is 96.8 Å². The summed E-state index contributed by atoms with van der Waals surface area (Å²) in [7, 11) is 1.42. The molecule has 2 atom stereocenters. The van der Waals surface area contributed by atoms with Crippen LogP contribution in [-0.4, -0.2) is 24.6 Å². The maximum absolute atomic E-state index is 12.1. The Morgan fingerprint density at radius 1 is 0.960 bits per heavy atom. The van der Waals surface area contributed by atoms with E-state index in [2.05, 4.69) is 11.7 Å². The van der Waals surface area contributed by atoms with E-state index in [-0.39, 0.29) is 11.9 Å². The molecule has 0 aromatic rings. The van der Waals surface area contributed by atoms with Gasteiger partial charge in [-0.15, -0.1) is 0 Å². The van der Waals surface area contributed by atoms with Gasteiger partial charge in [0.05, 0.1) is 7.11 Å². The number of carbonyl (C=O) groups excluding carboxylic acids is 3. The summed E-state index contributed by atoms with van der Waals surface area (Å²) < 4.78 is 4.63. The van der Waals surface area contributed by atoms with E-state index in [9.17, 15) is 14.4 Å². The minimum Gasteiger partial charge on any atom is -0.469 e. The molecule has 0 bridgehead atoms. The van der Waals surface area contributed by atoms with E-state index in [1.165, 1.54) is 7.11 Å². The predicted octanol–water partition coefficient (Wildman–Crippen LogP) is 5.02. The molecule has 0 spiro atoms. The third-order valence-corrected chi connectivity index (χ3v) is 5.47. The standard InChI is InChI=1S/C21H36O4/c1-3-4-7-10-18(22)15-13-17-14-16-20(23)19(17)11-8-5-6-9-12-21(24)25-2/h17,19H,3-16H2,1-2H3/t17-,19+/m0/s1.